The standard InChI is InChI=1S/C12H12O4.C2H6/c13-10(8-11(14)12(15)16)7-6-9-4-2-1-3-5-9;1-2/h1-5,8,14H,6-7H2,(H,15,16);1-2H3/b11-8-;. The largest absolute Gasteiger partial charge is 0.502 e. The van der Waals surface area contributed by atoms with Crippen LogP contribution in [0.15, 0.2) is 42.2 Å². The molecule has 0 spiro atoms. The third-order valence-corrected chi connectivity index (χ3v) is 2.02. The Labute approximate surface area is 107 Å². The highest BCUT2D eigenvalue weighted by molar-refractivity contribution is 5.97. The molecule has 2 N–H and O–H groups in total. The zero-order chi connectivity index (χ0) is 14.0. The summed E-state index contributed by atoms with van der Waals surface area (Å²) in [6.07, 6.45) is 1.45. The number of allylic oxidation sites excluding steroid dienone is 1. The van der Waals surface area contributed by atoms with Gasteiger partial charge >= 0.3 is 5.97 Å². The Morgan fingerprint density at radius 3 is 2.17 bits per heavy atom. The molecule has 0 heterocycles. The average Bonchev–Trinajstić information content (AvgIpc) is 2.40. The van der Waals surface area contributed by atoms with E-state index in [1.54, 1.807) is 0 Å². The normalized spacial score (nSPS) is 10.2. The molecule has 1 aromatic carbocycles. The summed E-state index contributed by atoms with van der Waals surface area (Å²) in [5.41, 5.74) is 0.999. The van der Waals surface area contributed by atoms with E-state index in [0.717, 1.165) is 11.6 Å². The smallest absolute Gasteiger partial charge is 0.371 e. The Hall–Kier alpha value is -2.10. The molecule has 0 atom stereocenters. The van der Waals surface area contributed by atoms with Crippen molar-refractivity contribution in [2.45, 2.75) is 26.7 Å². The number of aliphatic carboxylic acids is 1. The van der Waals surface area contributed by atoms with Gasteiger partial charge in [-0.25, -0.2) is 4.79 Å². The fourth-order valence-corrected chi connectivity index (χ4v) is 1.20. The van der Waals surface area contributed by atoms with Crippen LogP contribution in [0.4, 0.5) is 0 Å². The Kier molecular flexibility index (Phi) is 7.94. The number of rotatable bonds is 5. The van der Waals surface area contributed by atoms with E-state index in [2.05, 4.69) is 0 Å². The number of aliphatic hydroxyl groups is 1. The quantitative estimate of drug-likeness (QED) is 0.622. The molecular formula is C14H18O4. The topological polar surface area (TPSA) is 74.6 Å². The SMILES string of the molecule is CC.O=C(/C=C(\O)C(=O)O)CCc1ccccc1. The summed E-state index contributed by atoms with van der Waals surface area (Å²) in [6, 6.07) is 9.37. The third-order valence-electron chi connectivity index (χ3n) is 2.02. The van der Waals surface area contributed by atoms with Crippen molar-refractivity contribution in [2.24, 2.45) is 0 Å². The third kappa shape index (κ3) is 6.48. The minimum absolute atomic E-state index is 0.182. The lowest BCUT2D eigenvalue weighted by Gasteiger charge is -1.98. The zero-order valence-corrected chi connectivity index (χ0v) is 10.6. The van der Waals surface area contributed by atoms with E-state index >= 15 is 0 Å². The number of benzene rings is 1. The van der Waals surface area contributed by atoms with Crippen LogP contribution in [-0.2, 0) is 16.0 Å². The van der Waals surface area contributed by atoms with Gasteiger partial charge in [-0.05, 0) is 12.0 Å². The molecule has 0 unspecified atom stereocenters. The van der Waals surface area contributed by atoms with Crippen LogP contribution in [0, 0.1) is 0 Å². The number of carbonyl (C=O) groups excluding carboxylic acids is 1. The molecule has 0 aromatic heterocycles. The molecule has 0 aliphatic carbocycles. The van der Waals surface area contributed by atoms with Crippen molar-refractivity contribution in [2.75, 3.05) is 0 Å². The van der Waals surface area contributed by atoms with Crippen LogP contribution in [0.1, 0.15) is 25.8 Å². The number of aryl methyl sites for hydroxylation is 1. The summed E-state index contributed by atoms with van der Waals surface area (Å²) < 4.78 is 0. The second-order valence-corrected chi connectivity index (χ2v) is 3.29. The number of hydrogen-bond acceptors (Lipinski definition) is 3. The Balaban J connectivity index is 0.00000137. The predicted octanol–water partition coefficient (Wildman–Crippen LogP) is 2.74. The van der Waals surface area contributed by atoms with Crippen LogP contribution in [0.2, 0.25) is 0 Å². The van der Waals surface area contributed by atoms with E-state index in [-0.39, 0.29) is 6.42 Å². The molecule has 0 saturated heterocycles. The summed E-state index contributed by atoms with van der Waals surface area (Å²) >= 11 is 0. The summed E-state index contributed by atoms with van der Waals surface area (Å²) in [5, 5.41) is 17.2. The first-order valence-electron chi connectivity index (χ1n) is 5.80. The number of carboxylic acids is 1. The molecule has 4 heteroatoms. The highest BCUT2D eigenvalue weighted by Crippen LogP contribution is 2.03. The van der Waals surface area contributed by atoms with Gasteiger partial charge < -0.3 is 10.2 Å². The number of aliphatic hydroxyl groups excluding tert-OH is 1. The van der Waals surface area contributed by atoms with Gasteiger partial charge in [-0.3, -0.25) is 4.79 Å². The summed E-state index contributed by atoms with van der Waals surface area (Å²) in [6.45, 7) is 4.00. The second-order valence-electron chi connectivity index (χ2n) is 3.29. The second kappa shape index (κ2) is 8.98. The molecule has 1 rings (SSSR count). The van der Waals surface area contributed by atoms with Crippen LogP contribution < -0.4 is 0 Å². The van der Waals surface area contributed by atoms with Crippen molar-refractivity contribution < 1.29 is 19.8 Å². The molecule has 0 bridgehead atoms. The van der Waals surface area contributed by atoms with Crippen molar-refractivity contribution in [3.63, 3.8) is 0 Å². The van der Waals surface area contributed by atoms with Crippen LogP contribution in [0.25, 0.3) is 0 Å². The minimum atomic E-state index is -1.49. The first-order chi connectivity index (χ1) is 8.59. The van der Waals surface area contributed by atoms with Crippen LogP contribution in [0.5, 0.6) is 0 Å². The minimum Gasteiger partial charge on any atom is -0.502 e. The van der Waals surface area contributed by atoms with Gasteiger partial charge in [0.2, 0.25) is 5.76 Å². The van der Waals surface area contributed by atoms with Crippen molar-refractivity contribution in [1.29, 1.82) is 0 Å². The highest BCUT2D eigenvalue weighted by atomic mass is 16.4. The molecule has 1 aromatic rings. The van der Waals surface area contributed by atoms with Gasteiger partial charge in [0.15, 0.2) is 5.78 Å². The number of carboxylic acid groups (broad SMARTS) is 1. The number of carbonyl (C=O) groups is 2. The van der Waals surface area contributed by atoms with Crippen LogP contribution in [-0.4, -0.2) is 22.0 Å². The van der Waals surface area contributed by atoms with Gasteiger partial charge in [-0.1, -0.05) is 44.2 Å². The van der Waals surface area contributed by atoms with Crippen molar-refractivity contribution >= 4 is 11.8 Å². The molecule has 0 fully saturated rings. The fourth-order valence-electron chi connectivity index (χ4n) is 1.20. The molecule has 0 aliphatic heterocycles. The summed E-state index contributed by atoms with van der Waals surface area (Å²) in [5.74, 6) is -2.81. The van der Waals surface area contributed by atoms with E-state index in [0.29, 0.717) is 6.42 Å². The molecular weight excluding hydrogens is 232 g/mol. The number of ketones is 1. The van der Waals surface area contributed by atoms with Gasteiger partial charge in [-0.15, -0.1) is 0 Å². The summed E-state index contributed by atoms with van der Waals surface area (Å²) in [4.78, 5) is 21.5. The van der Waals surface area contributed by atoms with E-state index in [4.69, 9.17) is 10.2 Å². The van der Waals surface area contributed by atoms with Gasteiger partial charge in [0.05, 0.1) is 0 Å². The molecule has 0 amide bonds. The van der Waals surface area contributed by atoms with Gasteiger partial charge in [0.1, 0.15) is 0 Å². The van der Waals surface area contributed by atoms with Gasteiger partial charge in [-0.2, -0.15) is 0 Å². The Bertz CT molecular complexity index is 407. The monoisotopic (exact) mass is 250 g/mol. The first kappa shape index (κ1) is 15.9. The molecule has 0 saturated carbocycles. The van der Waals surface area contributed by atoms with E-state index in [9.17, 15) is 9.59 Å². The van der Waals surface area contributed by atoms with Crippen LogP contribution in [0.3, 0.4) is 0 Å². The molecule has 0 aliphatic rings. The van der Waals surface area contributed by atoms with E-state index in [1.807, 2.05) is 44.2 Å². The van der Waals surface area contributed by atoms with Crippen LogP contribution >= 0.6 is 0 Å². The highest BCUT2D eigenvalue weighted by Gasteiger charge is 2.07. The lowest BCUT2D eigenvalue weighted by atomic mass is 10.1. The van der Waals surface area contributed by atoms with E-state index < -0.39 is 17.5 Å². The zero-order valence-electron chi connectivity index (χ0n) is 10.6. The van der Waals surface area contributed by atoms with E-state index in [1.165, 1.54) is 0 Å². The lowest BCUT2D eigenvalue weighted by Crippen LogP contribution is -2.04. The number of hydrogen-bond donors (Lipinski definition) is 2. The molecule has 0 radical (unpaired) electrons. The Morgan fingerprint density at radius 1 is 1.11 bits per heavy atom. The maximum atomic E-state index is 11.2. The van der Waals surface area contributed by atoms with Gasteiger partial charge in [0.25, 0.3) is 0 Å². The van der Waals surface area contributed by atoms with Crippen molar-refractivity contribution in [1.82, 2.24) is 0 Å². The van der Waals surface area contributed by atoms with Gasteiger partial charge in [0, 0.05) is 12.5 Å². The first-order valence-corrected chi connectivity index (χ1v) is 5.80. The lowest BCUT2D eigenvalue weighted by molar-refractivity contribution is -0.135. The molecule has 18 heavy (non-hydrogen) atoms. The van der Waals surface area contributed by atoms with Crippen molar-refractivity contribution in [3.8, 4) is 0 Å². The summed E-state index contributed by atoms with van der Waals surface area (Å²) in [7, 11) is 0. The van der Waals surface area contributed by atoms with Crippen molar-refractivity contribution in [3.05, 3.63) is 47.7 Å². The average molecular weight is 250 g/mol. The fraction of sp³-hybridized carbons (Fsp3) is 0.286. The Morgan fingerprint density at radius 2 is 1.67 bits per heavy atom. The maximum absolute atomic E-state index is 11.2. The molecule has 4 nitrogen and oxygen atoms in total. The maximum Gasteiger partial charge on any atom is 0.371 e. The predicted molar refractivity (Wildman–Crippen MR) is 69.5 cm³/mol. The molecule has 98 valence electrons.